The molecule has 160 valence electrons. The number of rotatable bonds is 6. The summed E-state index contributed by atoms with van der Waals surface area (Å²) in [7, 11) is 0. The van der Waals surface area contributed by atoms with Crippen LogP contribution < -0.4 is 5.32 Å². The van der Waals surface area contributed by atoms with E-state index in [-0.39, 0.29) is 17.2 Å². The monoisotopic (exact) mass is 415 g/mol. The third kappa shape index (κ3) is 4.78. The second kappa shape index (κ2) is 8.91. The number of aromatic nitrogens is 2. The number of likely N-dealkylation sites (tertiary alicyclic amines) is 1. The molecule has 0 bridgehead atoms. The first-order valence-electron chi connectivity index (χ1n) is 10.9. The van der Waals surface area contributed by atoms with Crippen LogP contribution in [0.4, 0.5) is 5.88 Å². The highest BCUT2D eigenvalue weighted by atomic mass is 16.4. The van der Waals surface area contributed by atoms with Gasteiger partial charge in [0.1, 0.15) is 6.07 Å². The highest BCUT2D eigenvalue weighted by Gasteiger charge is 2.25. The van der Waals surface area contributed by atoms with Crippen LogP contribution in [-0.2, 0) is 5.41 Å². The van der Waals surface area contributed by atoms with Gasteiger partial charge in [0.2, 0.25) is 17.5 Å². The van der Waals surface area contributed by atoms with Gasteiger partial charge < -0.3 is 9.73 Å². The van der Waals surface area contributed by atoms with Gasteiger partial charge in [0.15, 0.2) is 0 Å². The van der Waals surface area contributed by atoms with Crippen LogP contribution in [0.5, 0.6) is 0 Å². The molecule has 1 aliphatic rings. The highest BCUT2D eigenvalue weighted by molar-refractivity contribution is 5.57. The number of nitriles is 1. The molecule has 1 aliphatic heterocycles. The topological polar surface area (TPSA) is 78.0 Å². The molecule has 0 spiro atoms. The Morgan fingerprint density at radius 2 is 1.90 bits per heavy atom. The third-order valence-electron chi connectivity index (χ3n) is 5.84. The van der Waals surface area contributed by atoms with Gasteiger partial charge in [0, 0.05) is 18.9 Å². The average molecular weight is 416 g/mol. The number of nitrogens with one attached hydrogen (secondary N) is 1. The summed E-state index contributed by atoms with van der Waals surface area (Å²) in [5.41, 5.74) is 3.74. The van der Waals surface area contributed by atoms with Gasteiger partial charge in [-0.15, -0.1) is 0 Å². The van der Waals surface area contributed by atoms with E-state index in [1.807, 2.05) is 12.1 Å². The summed E-state index contributed by atoms with van der Waals surface area (Å²) < 4.78 is 5.90. The molecule has 1 fully saturated rings. The summed E-state index contributed by atoms with van der Waals surface area (Å²) >= 11 is 0. The van der Waals surface area contributed by atoms with E-state index in [0.717, 1.165) is 18.7 Å². The van der Waals surface area contributed by atoms with Gasteiger partial charge in [-0.05, 0) is 54.6 Å². The zero-order chi connectivity index (χ0) is 21.8. The summed E-state index contributed by atoms with van der Waals surface area (Å²) in [6.45, 7) is 9.49. The van der Waals surface area contributed by atoms with Gasteiger partial charge in [-0.1, -0.05) is 45.0 Å². The van der Waals surface area contributed by atoms with E-state index in [4.69, 9.17) is 4.42 Å². The molecule has 3 aromatic rings. The maximum Gasteiger partial charge on any atom is 0.232 e. The van der Waals surface area contributed by atoms with Crippen LogP contribution in [0.25, 0.3) is 11.5 Å². The van der Waals surface area contributed by atoms with Crippen LogP contribution in [0.15, 0.2) is 53.2 Å². The zero-order valence-corrected chi connectivity index (χ0v) is 18.4. The molecule has 6 nitrogen and oxygen atoms in total. The molecule has 2 aromatic heterocycles. The van der Waals surface area contributed by atoms with Crippen molar-refractivity contribution in [2.75, 3.05) is 25.0 Å². The molecular formula is C25H29N5O. The molecule has 4 rings (SSSR count). The first-order chi connectivity index (χ1) is 15.0. The Bertz CT molecular complexity index is 1040. The minimum atomic E-state index is 0.129. The van der Waals surface area contributed by atoms with Crippen LogP contribution in [0.1, 0.15) is 56.5 Å². The summed E-state index contributed by atoms with van der Waals surface area (Å²) in [6, 6.07) is 15.0. The van der Waals surface area contributed by atoms with Gasteiger partial charge in [-0.3, -0.25) is 9.88 Å². The number of pyridine rings is 1. The molecule has 1 unspecified atom stereocenters. The predicted octanol–water partition coefficient (Wildman–Crippen LogP) is 5.15. The van der Waals surface area contributed by atoms with Crippen molar-refractivity contribution in [1.29, 1.82) is 5.26 Å². The number of hydrogen-bond donors (Lipinski definition) is 1. The van der Waals surface area contributed by atoms with E-state index < -0.39 is 0 Å². The number of benzene rings is 1. The summed E-state index contributed by atoms with van der Waals surface area (Å²) in [5, 5.41) is 12.9. The van der Waals surface area contributed by atoms with Gasteiger partial charge >= 0.3 is 0 Å². The highest BCUT2D eigenvalue weighted by Crippen LogP contribution is 2.30. The fourth-order valence-electron chi connectivity index (χ4n) is 4.03. The van der Waals surface area contributed by atoms with Gasteiger partial charge in [0.05, 0.1) is 11.6 Å². The Hall–Kier alpha value is -3.17. The largest absolute Gasteiger partial charge is 0.419 e. The molecule has 1 aromatic carbocycles. The molecule has 1 N–H and O–H groups in total. The minimum Gasteiger partial charge on any atom is -0.419 e. The Morgan fingerprint density at radius 1 is 1.16 bits per heavy atom. The Kier molecular flexibility index (Phi) is 6.06. The van der Waals surface area contributed by atoms with E-state index >= 15 is 0 Å². The fourth-order valence-corrected chi connectivity index (χ4v) is 4.03. The normalized spacial score (nSPS) is 15.5. The standard InChI is InChI=1S/C25H29N5O/c1-25(2,3)20-10-8-18(9-11-20)22(30-13-4-5-14-30)17-28-24-21(15-26)29-23(31-24)19-7-6-12-27-16-19/h6-12,16,22,28H,4-5,13-14,17H2,1-3H3. The van der Waals surface area contributed by atoms with Gasteiger partial charge in [0.25, 0.3) is 0 Å². The Labute approximate surface area is 183 Å². The van der Waals surface area contributed by atoms with Crippen molar-refractivity contribution >= 4 is 5.88 Å². The van der Waals surface area contributed by atoms with Crippen LogP contribution in [-0.4, -0.2) is 34.5 Å². The lowest BCUT2D eigenvalue weighted by molar-refractivity contribution is 0.255. The molecule has 1 atom stereocenters. The number of oxazole rings is 1. The van der Waals surface area contributed by atoms with Crippen molar-refractivity contribution in [2.45, 2.75) is 45.1 Å². The maximum absolute atomic E-state index is 9.54. The van der Waals surface area contributed by atoms with Crippen molar-refractivity contribution in [1.82, 2.24) is 14.9 Å². The lowest BCUT2D eigenvalue weighted by atomic mass is 9.86. The molecule has 0 amide bonds. The van der Waals surface area contributed by atoms with E-state index in [1.54, 1.807) is 12.4 Å². The van der Waals surface area contributed by atoms with E-state index in [0.29, 0.717) is 18.3 Å². The van der Waals surface area contributed by atoms with Crippen molar-refractivity contribution in [3.8, 4) is 17.5 Å². The second-order valence-electron chi connectivity index (χ2n) is 9.06. The predicted molar refractivity (Wildman–Crippen MR) is 122 cm³/mol. The molecule has 0 saturated carbocycles. The maximum atomic E-state index is 9.54. The smallest absolute Gasteiger partial charge is 0.232 e. The average Bonchev–Trinajstić information content (AvgIpc) is 3.44. The number of hydrogen-bond acceptors (Lipinski definition) is 6. The third-order valence-corrected chi connectivity index (χ3v) is 5.84. The quantitative estimate of drug-likeness (QED) is 0.599. The van der Waals surface area contributed by atoms with Gasteiger partial charge in [-0.25, -0.2) is 0 Å². The molecule has 0 aliphatic carbocycles. The molecule has 0 radical (unpaired) electrons. The molecule has 6 heteroatoms. The van der Waals surface area contributed by atoms with E-state index in [2.05, 4.69) is 71.3 Å². The summed E-state index contributed by atoms with van der Waals surface area (Å²) in [4.78, 5) is 11.0. The number of anilines is 1. The second-order valence-corrected chi connectivity index (χ2v) is 9.06. The molecule has 1 saturated heterocycles. The first-order valence-corrected chi connectivity index (χ1v) is 10.9. The summed E-state index contributed by atoms with van der Waals surface area (Å²) in [5.74, 6) is 0.816. The summed E-state index contributed by atoms with van der Waals surface area (Å²) in [6.07, 6.45) is 5.81. The van der Waals surface area contributed by atoms with Crippen molar-refractivity contribution in [2.24, 2.45) is 0 Å². The first kappa shape index (κ1) is 21.1. The Morgan fingerprint density at radius 3 is 2.52 bits per heavy atom. The van der Waals surface area contributed by atoms with Gasteiger partial charge in [-0.2, -0.15) is 10.2 Å². The number of nitrogens with zero attached hydrogens (tertiary/aromatic N) is 4. The Balaban J connectivity index is 1.56. The van der Waals surface area contributed by atoms with Crippen molar-refractivity contribution in [3.63, 3.8) is 0 Å². The van der Waals surface area contributed by atoms with Crippen molar-refractivity contribution in [3.05, 3.63) is 65.6 Å². The lowest BCUT2D eigenvalue weighted by Gasteiger charge is -2.29. The zero-order valence-electron chi connectivity index (χ0n) is 18.4. The van der Waals surface area contributed by atoms with E-state index in [1.165, 1.54) is 24.0 Å². The van der Waals surface area contributed by atoms with Crippen molar-refractivity contribution < 1.29 is 4.42 Å². The SMILES string of the molecule is CC(C)(C)c1ccc(C(CNc2oc(-c3cccnc3)nc2C#N)N2CCCC2)cc1. The molecule has 31 heavy (non-hydrogen) atoms. The lowest BCUT2D eigenvalue weighted by Crippen LogP contribution is -2.31. The minimum absolute atomic E-state index is 0.129. The van der Waals surface area contributed by atoms with Crippen LogP contribution in [0.3, 0.4) is 0 Å². The van der Waals surface area contributed by atoms with Crippen LogP contribution in [0.2, 0.25) is 0 Å². The van der Waals surface area contributed by atoms with E-state index in [9.17, 15) is 5.26 Å². The molecule has 3 heterocycles. The van der Waals surface area contributed by atoms with Crippen LogP contribution in [0, 0.1) is 11.3 Å². The molecular weight excluding hydrogens is 386 g/mol. The fraction of sp³-hybridized carbons (Fsp3) is 0.400. The van der Waals surface area contributed by atoms with Crippen LogP contribution >= 0.6 is 0 Å².